The smallest absolute Gasteiger partial charge is 0.387 e. The Labute approximate surface area is 204 Å². The number of carbonyl (C=O) groups excluding carboxylic acids is 1. The van der Waals surface area contributed by atoms with E-state index in [4.69, 9.17) is 5.73 Å². The van der Waals surface area contributed by atoms with Crippen molar-refractivity contribution in [2.45, 2.75) is 45.3 Å². The fourth-order valence-electron chi connectivity index (χ4n) is 4.62. The van der Waals surface area contributed by atoms with Crippen LogP contribution in [0.1, 0.15) is 58.1 Å². The molecule has 1 aromatic carbocycles. The van der Waals surface area contributed by atoms with E-state index >= 15 is 0 Å². The van der Waals surface area contributed by atoms with Crippen molar-refractivity contribution in [2.75, 3.05) is 13.1 Å². The summed E-state index contributed by atoms with van der Waals surface area (Å²) < 4.78 is 45.7. The van der Waals surface area contributed by atoms with Gasteiger partial charge in [0.05, 0.1) is 5.52 Å². The van der Waals surface area contributed by atoms with Gasteiger partial charge in [0, 0.05) is 25.2 Å². The minimum atomic E-state index is -3.04. The third-order valence-corrected chi connectivity index (χ3v) is 6.50. The van der Waals surface area contributed by atoms with Gasteiger partial charge in [-0.15, -0.1) is 0 Å². The lowest BCUT2D eigenvalue weighted by molar-refractivity contribution is -0.0489. The van der Waals surface area contributed by atoms with E-state index in [9.17, 15) is 22.8 Å². The van der Waals surface area contributed by atoms with E-state index in [0.29, 0.717) is 42.7 Å². The van der Waals surface area contributed by atoms with E-state index < -0.39 is 24.0 Å². The molecule has 0 spiro atoms. The van der Waals surface area contributed by atoms with Gasteiger partial charge in [0.15, 0.2) is 5.75 Å². The van der Waals surface area contributed by atoms with Crippen LogP contribution in [0.25, 0.3) is 16.6 Å². The van der Waals surface area contributed by atoms with Gasteiger partial charge < -0.3 is 15.5 Å². The zero-order chi connectivity index (χ0) is 25.6. The topological polar surface area (TPSA) is 114 Å². The van der Waals surface area contributed by atoms with Gasteiger partial charge in [-0.1, -0.05) is 6.08 Å². The van der Waals surface area contributed by atoms with Crippen LogP contribution < -0.4 is 16.0 Å². The van der Waals surface area contributed by atoms with Crippen molar-refractivity contribution >= 4 is 22.5 Å². The van der Waals surface area contributed by atoms with Crippen molar-refractivity contribution < 1.29 is 22.7 Å². The third-order valence-electron chi connectivity index (χ3n) is 6.50. The molecule has 0 atom stereocenters. The summed E-state index contributed by atoms with van der Waals surface area (Å²) in [5.74, 6) is -1.37. The van der Waals surface area contributed by atoms with Crippen molar-refractivity contribution in [1.82, 2.24) is 19.9 Å². The monoisotopic (exact) mass is 499 g/mol. The van der Waals surface area contributed by atoms with Crippen molar-refractivity contribution in [3.8, 4) is 5.75 Å². The SMILES string of the molecule is Cc1nc2c(OC(F)F)cc(CN3CC=C(c4c(C5CC5)cc(C(N)=O)nc4F)CC3)cc2[nH]c1=O. The van der Waals surface area contributed by atoms with Gasteiger partial charge in [-0.25, -0.2) is 9.97 Å². The second kappa shape index (κ2) is 9.38. The number of primary amides is 1. The van der Waals surface area contributed by atoms with Gasteiger partial charge in [0.1, 0.15) is 16.9 Å². The maximum absolute atomic E-state index is 15.0. The fourth-order valence-corrected chi connectivity index (χ4v) is 4.62. The summed E-state index contributed by atoms with van der Waals surface area (Å²) >= 11 is 0. The zero-order valence-electron chi connectivity index (χ0n) is 19.5. The molecule has 0 radical (unpaired) electrons. The number of nitrogens with two attached hydrogens (primary N) is 1. The predicted octanol–water partition coefficient (Wildman–Crippen LogP) is 3.63. The number of carbonyl (C=O) groups is 1. The quantitative estimate of drug-likeness (QED) is 0.480. The van der Waals surface area contributed by atoms with Gasteiger partial charge in [-0.05, 0) is 67.0 Å². The Hall–Kier alpha value is -3.73. The summed E-state index contributed by atoms with van der Waals surface area (Å²) in [6.45, 7) is -0.0831. The lowest BCUT2D eigenvalue weighted by atomic mass is 9.93. The Bertz CT molecular complexity index is 1450. The molecule has 0 bridgehead atoms. The van der Waals surface area contributed by atoms with Crippen molar-refractivity contribution in [3.63, 3.8) is 0 Å². The molecule has 5 rings (SSSR count). The molecule has 8 nitrogen and oxygen atoms in total. The van der Waals surface area contributed by atoms with Gasteiger partial charge in [-0.3, -0.25) is 14.5 Å². The number of aromatic nitrogens is 3. The number of nitrogens with zero attached hydrogens (tertiary/aromatic N) is 3. The van der Waals surface area contributed by atoms with Crippen LogP contribution in [-0.2, 0) is 6.54 Å². The number of amides is 1. The molecule has 2 aromatic heterocycles. The summed E-state index contributed by atoms with van der Waals surface area (Å²) in [6, 6.07) is 4.79. The molecule has 1 aliphatic heterocycles. The first-order chi connectivity index (χ1) is 17.2. The molecule has 0 unspecified atom stereocenters. The van der Waals surface area contributed by atoms with Crippen LogP contribution in [-0.4, -0.2) is 45.5 Å². The van der Waals surface area contributed by atoms with Crippen molar-refractivity contribution in [1.29, 1.82) is 0 Å². The molecule has 1 amide bonds. The van der Waals surface area contributed by atoms with Crippen LogP contribution in [0.4, 0.5) is 13.2 Å². The van der Waals surface area contributed by atoms with Crippen LogP contribution >= 0.6 is 0 Å². The number of aryl methyl sites for hydroxylation is 1. The second-order valence-electron chi connectivity index (χ2n) is 9.14. The summed E-state index contributed by atoms with van der Waals surface area (Å²) in [7, 11) is 0. The zero-order valence-corrected chi connectivity index (χ0v) is 19.5. The van der Waals surface area contributed by atoms with E-state index in [-0.39, 0.29) is 28.6 Å². The normalized spacial score (nSPS) is 16.4. The highest BCUT2D eigenvalue weighted by molar-refractivity contribution is 5.91. The molecule has 1 saturated carbocycles. The Morgan fingerprint density at radius 2 is 2.06 bits per heavy atom. The number of H-pyrrole nitrogens is 1. The number of benzene rings is 1. The number of aromatic amines is 1. The molecule has 2 aliphatic rings. The molecule has 0 saturated heterocycles. The number of pyridine rings is 1. The lowest BCUT2D eigenvalue weighted by Crippen LogP contribution is -2.28. The number of fused-ring (bicyclic) bond motifs is 1. The van der Waals surface area contributed by atoms with E-state index in [2.05, 4.69) is 24.6 Å². The van der Waals surface area contributed by atoms with E-state index in [1.54, 1.807) is 12.1 Å². The summed E-state index contributed by atoms with van der Waals surface area (Å²) in [5, 5.41) is 0. The number of nitrogens with one attached hydrogen (secondary N) is 1. The van der Waals surface area contributed by atoms with Gasteiger partial charge >= 0.3 is 6.61 Å². The summed E-state index contributed by atoms with van der Waals surface area (Å²) in [4.78, 5) is 36.2. The molecular weight excluding hydrogens is 475 g/mol. The number of hydrogen-bond donors (Lipinski definition) is 2. The highest BCUT2D eigenvalue weighted by Gasteiger charge is 2.31. The molecular formula is C25H24F3N5O3. The average molecular weight is 499 g/mol. The minimum absolute atomic E-state index is 0.0722. The average Bonchev–Trinajstić information content (AvgIpc) is 3.66. The van der Waals surface area contributed by atoms with E-state index in [1.807, 2.05) is 6.08 Å². The van der Waals surface area contributed by atoms with E-state index in [1.165, 1.54) is 13.0 Å². The first kappa shape index (κ1) is 24.0. The number of ether oxygens (including phenoxy) is 1. The van der Waals surface area contributed by atoms with Gasteiger partial charge in [0.2, 0.25) is 5.95 Å². The van der Waals surface area contributed by atoms with Crippen LogP contribution in [0.2, 0.25) is 0 Å². The lowest BCUT2D eigenvalue weighted by Gasteiger charge is -2.27. The fraction of sp³-hybridized carbons (Fsp3) is 0.360. The summed E-state index contributed by atoms with van der Waals surface area (Å²) in [6.07, 6.45) is 4.31. The van der Waals surface area contributed by atoms with Crippen LogP contribution in [0.5, 0.6) is 5.75 Å². The highest BCUT2D eigenvalue weighted by atomic mass is 19.3. The Kier molecular flexibility index (Phi) is 6.25. The number of alkyl halides is 2. The first-order valence-corrected chi connectivity index (χ1v) is 11.6. The number of hydrogen-bond acceptors (Lipinski definition) is 6. The molecule has 1 fully saturated rings. The largest absolute Gasteiger partial charge is 0.432 e. The maximum atomic E-state index is 15.0. The van der Waals surface area contributed by atoms with Crippen molar-refractivity contribution in [3.05, 3.63) is 68.7 Å². The minimum Gasteiger partial charge on any atom is -0.432 e. The van der Waals surface area contributed by atoms with Crippen molar-refractivity contribution in [2.24, 2.45) is 5.73 Å². The molecule has 36 heavy (non-hydrogen) atoms. The van der Waals surface area contributed by atoms with Crippen LogP contribution in [0, 0.1) is 12.9 Å². The number of rotatable bonds is 7. The molecule has 3 N–H and O–H groups in total. The Balaban J connectivity index is 1.40. The van der Waals surface area contributed by atoms with E-state index in [0.717, 1.165) is 24.0 Å². The molecule has 3 aromatic rings. The molecule has 1 aliphatic carbocycles. The first-order valence-electron chi connectivity index (χ1n) is 11.6. The van der Waals surface area contributed by atoms with Gasteiger partial charge in [-0.2, -0.15) is 13.2 Å². The Morgan fingerprint density at radius 1 is 1.28 bits per heavy atom. The van der Waals surface area contributed by atoms with Crippen LogP contribution in [0.15, 0.2) is 29.1 Å². The second-order valence-corrected chi connectivity index (χ2v) is 9.14. The molecule has 11 heteroatoms. The van der Waals surface area contributed by atoms with Gasteiger partial charge in [0.25, 0.3) is 11.5 Å². The highest BCUT2D eigenvalue weighted by Crippen LogP contribution is 2.44. The standard InChI is InChI=1S/C25H24F3N5O3/c1-12-24(35)32-17-8-13(9-19(21(17)30-12)36-25(27)28)11-33-6-4-15(5-7-33)20-16(14-2-3-14)10-18(23(29)34)31-22(20)26/h4,8-10,14,25H,2-3,5-7,11H2,1H3,(H2,29,34)(H,32,35). The summed E-state index contributed by atoms with van der Waals surface area (Å²) in [5.41, 5.74) is 8.15. The third kappa shape index (κ3) is 4.83. The predicted molar refractivity (Wildman–Crippen MR) is 126 cm³/mol. The maximum Gasteiger partial charge on any atom is 0.387 e. The molecule has 188 valence electrons. The Morgan fingerprint density at radius 3 is 2.69 bits per heavy atom. The molecule has 3 heterocycles. The van der Waals surface area contributed by atoms with Crippen LogP contribution in [0.3, 0.4) is 0 Å². The number of halogens is 3.